The third-order valence-corrected chi connectivity index (χ3v) is 3.39. The molecule has 25 heavy (non-hydrogen) atoms. The van der Waals surface area contributed by atoms with Gasteiger partial charge in [-0.15, -0.1) is 0 Å². The summed E-state index contributed by atoms with van der Waals surface area (Å²) in [5.41, 5.74) is -3.96. The van der Waals surface area contributed by atoms with E-state index in [4.69, 9.17) is 23.2 Å². The van der Waals surface area contributed by atoms with Crippen LogP contribution in [0.25, 0.3) is 0 Å². The van der Waals surface area contributed by atoms with E-state index in [0.717, 1.165) is 6.07 Å². The highest BCUT2D eigenvalue weighted by atomic mass is 35.5. The normalized spacial score (nSPS) is 13.6. The molecule has 140 valence electrons. The molecule has 1 amide bonds. The lowest BCUT2D eigenvalue weighted by Gasteiger charge is -2.35. The van der Waals surface area contributed by atoms with Crippen molar-refractivity contribution in [1.82, 2.24) is 5.32 Å². The van der Waals surface area contributed by atoms with E-state index >= 15 is 0 Å². The topological polar surface area (TPSA) is 76.7 Å². The number of ether oxygens (including phenoxy) is 2. The Kier molecular flexibility index (Phi) is 7.18. The van der Waals surface area contributed by atoms with Gasteiger partial charge in [0.15, 0.2) is 0 Å². The molecule has 1 atom stereocenters. The number of alkyl halides is 3. The van der Waals surface area contributed by atoms with Crippen molar-refractivity contribution in [1.29, 1.82) is 0 Å². The maximum absolute atomic E-state index is 13.8. The summed E-state index contributed by atoms with van der Waals surface area (Å²) in [7, 11) is 0. The Morgan fingerprint density at radius 3 is 2.24 bits per heavy atom. The molecule has 0 aliphatic rings. The number of rotatable bonds is 6. The predicted octanol–water partition coefficient (Wildman–Crippen LogP) is 3.97. The van der Waals surface area contributed by atoms with Gasteiger partial charge in [-0.1, -0.05) is 23.2 Å². The van der Waals surface area contributed by atoms with Gasteiger partial charge in [0, 0.05) is 5.02 Å². The number of halogens is 5. The van der Waals surface area contributed by atoms with Crippen molar-refractivity contribution in [3.05, 3.63) is 28.2 Å². The molecule has 0 bridgehead atoms. The van der Waals surface area contributed by atoms with Gasteiger partial charge in [-0.25, -0.2) is 9.59 Å². The lowest BCUT2D eigenvalue weighted by molar-refractivity contribution is -0.205. The molecule has 1 aromatic carbocycles. The number of hydrogen-bond acceptors (Lipinski definition) is 5. The fraction of sp³-hybridized carbons (Fsp3) is 0.429. The van der Waals surface area contributed by atoms with Gasteiger partial charge in [0.05, 0.1) is 23.9 Å². The van der Waals surface area contributed by atoms with E-state index in [2.05, 4.69) is 9.47 Å². The average molecular weight is 403 g/mol. The van der Waals surface area contributed by atoms with Crippen molar-refractivity contribution in [2.24, 2.45) is 0 Å². The zero-order chi connectivity index (χ0) is 19.3. The van der Waals surface area contributed by atoms with Crippen molar-refractivity contribution in [2.45, 2.75) is 25.7 Å². The van der Waals surface area contributed by atoms with Crippen LogP contribution < -0.4 is 10.6 Å². The number of alkyl carbamates (subject to hydrolysis) is 1. The Morgan fingerprint density at radius 1 is 1.12 bits per heavy atom. The zero-order valence-corrected chi connectivity index (χ0v) is 14.7. The number of carbonyl (C=O) groups is 2. The first-order valence-electron chi connectivity index (χ1n) is 6.99. The van der Waals surface area contributed by atoms with Crippen molar-refractivity contribution >= 4 is 41.0 Å². The minimum Gasteiger partial charge on any atom is -0.463 e. The summed E-state index contributed by atoms with van der Waals surface area (Å²) in [6, 6.07) is 3.63. The van der Waals surface area contributed by atoms with Gasteiger partial charge in [-0.2, -0.15) is 13.2 Å². The molecule has 0 aliphatic heterocycles. The molecule has 0 spiro atoms. The Morgan fingerprint density at radius 2 is 1.72 bits per heavy atom. The van der Waals surface area contributed by atoms with Gasteiger partial charge in [0.25, 0.3) is 0 Å². The van der Waals surface area contributed by atoms with Crippen LogP contribution in [0.2, 0.25) is 10.0 Å². The fourth-order valence-corrected chi connectivity index (χ4v) is 2.08. The number of esters is 1. The van der Waals surface area contributed by atoms with Crippen LogP contribution in [-0.4, -0.2) is 37.1 Å². The van der Waals surface area contributed by atoms with Crippen LogP contribution >= 0.6 is 23.2 Å². The Balaban J connectivity index is 3.43. The van der Waals surface area contributed by atoms with E-state index in [1.54, 1.807) is 0 Å². The predicted molar refractivity (Wildman–Crippen MR) is 85.7 cm³/mol. The number of hydrogen-bond donors (Lipinski definition) is 2. The van der Waals surface area contributed by atoms with Crippen molar-refractivity contribution in [3.63, 3.8) is 0 Å². The third kappa shape index (κ3) is 5.05. The maximum Gasteiger partial charge on any atom is 0.442 e. The van der Waals surface area contributed by atoms with E-state index in [9.17, 15) is 22.8 Å². The van der Waals surface area contributed by atoms with E-state index in [1.807, 2.05) is 5.32 Å². The quantitative estimate of drug-likeness (QED) is 0.555. The average Bonchev–Trinajstić information content (AvgIpc) is 2.49. The lowest BCUT2D eigenvalue weighted by Crippen LogP contribution is -2.69. The first-order chi connectivity index (χ1) is 11.6. The van der Waals surface area contributed by atoms with Gasteiger partial charge in [0.1, 0.15) is 0 Å². The largest absolute Gasteiger partial charge is 0.463 e. The molecule has 0 saturated heterocycles. The molecule has 0 saturated carbocycles. The smallest absolute Gasteiger partial charge is 0.442 e. The molecule has 1 aromatic rings. The van der Waals surface area contributed by atoms with Crippen LogP contribution in [0.4, 0.5) is 23.7 Å². The SMILES string of the molecule is CCOC(=O)N[C@@](Nc1cc(Cl)ccc1Cl)(C(=O)OCC)C(F)(F)F. The third-order valence-electron chi connectivity index (χ3n) is 2.82. The van der Waals surface area contributed by atoms with Crippen LogP contribution in [0.15, 0.2) is 18.2 Å². The molecule has 2 N–H and O–H groups in total. The molecular weight excluding hydrogens is 388 g/mol. The summed E-state index contributed by atoms with van der Waals surface area (Å²) >= 11 is 11.6. The summed E-state index contributed by atoms with van der Waals surface area (Å²) in [6.07, 6.45) is -6.77. The summed E-state index contributed by atoms with van der Waals surface area (Å²) < 4.78 is 50.2. The van der Waals surface area contributed by atoms with Crippen LogP contribution in [-0.2, 0) is 14.3 Å². The summed E-state index contributed by atoms with van der Waals surface area (Å²) in [5.74, 6) is -1.79. The van der Waals surface area contributed by atoms with Crippen LogP contribution in [0.5, 0.6) is 0 Å². The Labute approximate surface area is 151 Å². The van der Waals surface area contributed by atoms with Gasteiger partial charge < -0.3 is 14.8 Å². The zero-order valence-electron chi connectivity index (χ0n) is 13.2. The van der Waals surface area contributed by atoms with E-state index in [1.165, 1.54) is 31.3 Å². The van der Waals surface area contributed by atoms with E-state index < -0.39 is 23.9 Å². The molecule has 1 rings (SSSR count). The Hall–Kier alpha value is -1.87. The monoisotopic (exact) mass is 402 g/mol. The molecule has 0 unspecified atom stereocenters. The highest BCUT2D eigenvalue weighted by molar-refractivity contribution is 6.35. The van der Waals surface area contributed by atoms with Crippen molar-refractivity contribution in [2.75, 3.05) is 18.5 Å². The van der Waals surface area contributed by atoms with Crippen molar-refractivity contribution in [3.8, 4) is 0 Å². The number of carbonyl (C=O) groups excluding carboxylic acids is 2. The first kappa shape index (κ1) is 21.2. The molecule has 0 aliphatic carbocycles. The highest BCUT2D eigenvalue weighted by Gasteiger charge is 2.64. The molecule has 11 heteroatoms. The lowest BCUT2D eigenvalue weighted by atomic mass is 10.1. The van der Waals surface area contributed by atoms with Crippen LogP contribution in [0.1, 0.15) is 13.8 Å². The van der Waals surface area contributed by atoms with Gasteiger partial charge in [0.2, 0.25) is 0 Å². The van der Waals surface area contributed by atoms with Crippen molar-refractivity contribution < 1.29 is 32.2 Å². The fourth-order valence-electron chi connectivity index (χ4n) is 1.75. The second kappa shape index (κ2) is 8.48. The molecule has 0 fully saturated rings. The van der Waals surface area contributed by atoms with Gasteiger partial charge in [-0.3, -0.25) is 5.32 Å². The Bertz CT molecular complexity index is 643. The first-order valence-corrected chi connectivity index (χ1v) is 7.75. The number of amides is 1. The molecule has 0 heterocycles. The highest BCUT2D eigenvalue weighted by Crippen LogP contribution is 2.36. The molecule has 0 radical (unpaired) electrons. The summed E-state index contributed by atoms with van der Waals surface area (Å²) in [6.45, 7) is 2.14. The minimum atomic E-state index is -5.29. The number of anilines is 1. The van der Waals surface area contributed by atoms with E-state index in [0.29, 0.717) is 0 Å². The maximum atomic E-state index is 13.8. The van der Waals surface area contributed by atoms with Crippen LogP contribution in [0.3, 0.4) is 0 Å². The molecule has 6 nitrogen and oxygen atoms in total. The van der Waals surface area contributed by atoms with E-state index in [-0.39, 0.29) is 28.9 Å². The van der Waals surface area contributed by atoms with Crippen LogP contribution in [0, 0.1) is 0 Å². The second-order valence-electron chi connectivity index (χ2n) is 4.56. The standard InChI is InChI=1S/C14H15Cl2F3N2O4/c1-3-24-11(22)13(14(17,18)19,21-12(23)25-4-2)20-10-7-8(15)5-6-9(10)16/h5-7,20H,3-4H2,1-2H3,(H,21,23)/t13-/m0/s1. The molecule has 0 aromatic heterocycles. The number of benzene rings is 1. The van der Waals surface area contributed by atoms with Gasteiger partial charge in [-0.05, 0) is 32.0 Å². The second-order valence-corrected chi connectivity index (χ2v) is 5.41. The summed E-state index contributed by atoms with van der Waals surface area (Å²) in [5, 5.41) is 3.26. The summed E-state index contributed by atoms with van der Waals surface area (Å²) in [4.78, 5) is 23.7. The number of nitrogens with one attached hydrogen (secondary N) is 2. The molecular formula is C14H15Cl2F3N2O4. The van der Waals surface area contributed by atoms with Gasteiger partial charge >= 0.3 is 23.9 Å². The minimum absolute atomic E-state index is 0.0583.